The topological polar surface area (TPSA) is 37.3 Å². The minimum atomic E-state index is -2.85. The molecule has 0 aromatic carbocycles. The van der Waals surface area contributed by atoms with Crippen LogP contribution in [-0.4, -0.2) is 65.9 Å². The van der Waals surface area contributed by atoms with Gasteiger partial charge in [-0.3, -0.25) is 0 Å². The molecule has 51 valence electrons. The Morgan fingerprint density at radius 3 is 2.22 bits per heavy atom. The molecule has 0 saturated carbocycles. The van der Waals surface area contributed by atoms with Crippen LogP contribution in [0.2, 0.25) is 0 Å². The van der Waals surface area contributed by atoms with Gasteiger partial charge in [0.1, 0.15) is 8.77 Å². The second kappa shape index (κ2) is 6.66. The van der Waals surface area contributed by atoms with E-state index in [4.69, 9.17) is 4.55 Å². The van der Waals surface area contributed by atoms with Crippen LogP contribution in [-0.2, 0) is 20.0 Å². The molecule has 0 aromatic heterocycles. The van der Waals surface area contributed by atoms with Crippen LogP contribution in [0.4, 0.5) is 0 Å². The summed E-state index contributed by atoms with van der Waals surface area (Å²) in [4.78, 5) is 0. The van der Waals surface area contributed by atoms with Crippen molar-refractivity contribution in [2.24, 2.45) is 0 Å². The van der Waals surface area contributed by atoms with Crippen LogP contribution in [0.1, 0.15) is 19.8 Å². The van der Waals surface area contributed by atoms with Crippen molar-refractivity contribution in [3.63, 3.8) is 0 Å². The van der Waals surface area contributed by atoms with Gasteiger partial charge in [-0.1, -0.05) is 13.3 Å². The molecule has 0 bridgehead atoms. The van der Waals surface area contributed by atoms with Crippen molar-refractivity contribution < 1.29 is 8.76 Å². The molecular formula is C4H10KO2S2. The van der Waals surface area contributed by atoms with E-state index in [9.17, 15) is 4.21 Å². The first-order valence-corrected chi connectivity index (χ1v) is 5.12. The molecule has 0 aliphatic carbocycles. The third-order valence-electron chi connectivity index (χ3n) is 0.756. The van der Waals surface area contributed by atoms with Crippen molar-refractivity contribution in [2.45, 2.75) is 19.8 Å². The molecule has 0 spiro atoms. The summed E-state index contributed by atoms with van der Waals surface area (Å²) in [6.45, 7) is 1.96. The average Bonchev–Trinajstić information content (AvgIpc) is 1.59. The Kier molecular flexibility index (Phi) is 10.0. The molecule has 1 N–H and O–H groups in total. The quantitative estimate of drug-likeness (QED) is 0.668. The Morgan fingerprint density at radius 2 is 2.11 bits per heavy atom. The van der Waals surface area contributed by atoms with E-state index in [1.807, 2.05) is 6.92 Å². The van der Waals surface area contributed by atoms with E-state index in [0.29, 0.717) is 0 Å². The van der Waals surface area contributed by atoms with Gasteiger partial charge in [-0.25, -0.2) is 4.21 Å². The second-order valence-electron chi connectivity index (χ2n) is 1.64. The van der Waals surface area contributed by atoms with Gasteiger partial charge in [0.05, 0.1) is 0 Å². The third-order valence-corrected chi connectivity index (χ3v) is 2.06. The van der Waals surface area contributed by atoms with Crippen LogP contribution in [0.3, 0.4) is 0 Å². The van der Waals surface area contributed by atoms with E-state index in [2.05, 4.69) is 11.2 Å². The Hall–Kier alpha value is 1.97. The summed E-state index contributed by atoms with van der Waals surface area (Å²) in [6.07, 6.45) is 1.67. The van der Waals surface area contributed by atoms with Crippen molar-refractivity contribution >= 4 is 71.3 Å². The fraction of sp³-hybridized carbons (Fsp3) is 1.00. The molecule has 5 heteroatoms. The normalized spacial score (nSPS) is 15.8. The Labute approximate surface area is 104 Å². The van der Waals surface area contributed by atoms with Crippen molar-refractivity contribution in [1.29, 1.82) is 0 Å². The van der Waals surface area contributed by atoms with Crippen molar-refractivity contribution in [2.75, 3.05) is 5.75 Å². The first-order valence-electron chi connectivity index (χ1n) is 2.51. The molecule has 0 fully saturated rings. The smallest absolute Gasteiger partial charge is 0.141 e. The van der Waals surface area contributed by atoms with Crippen molar-refractivity contribution in [3.8, 4) is 0 Å². The largest absolute Gasteiger partial charge is 0.306 e. The summed E-state index contributed by atoms with van der Waals surface area (Å²) in [6, 6.07) is 0. The zero-order chi connectivity index (χ0) is 6.62. The van der Waals surface area contributed by atoms with Crippen molar-refractivity contribution in [3.05, 3.63) is 0 Å². The van der Waals surface area contributed by atoms with Crippen LogP contribution in [0.5, 0.6) is 0 Å². The number of unbranched alkanes of at least 4 members (excludes halogenated alkanes) is 1. The summed E-state index contributed by atoms with van der Waals surface area (Å²) in [5.41, 5.74) is 0. The van der Waals surface area contributed by atoms with Gasteiger partial charge in [-0.2, -0.15) is 0 Å². The van der Waals surface area contributed by atoms with E-state index in [1.165, 1.54) is 0 Å². The minimum absolute atomic E-state index is 0. The van der Waals surface area contributed by atoms with Crippen LogP contribution in [0, 0.1) is 0 Å². The average molecular weight is 193 g/mol. The summed E-state index contributed by atoms with van der Waals surface area (Å²) in [5, 5.41) is 0. The minimum Gasteiger partial charge on any atom is -0.306 e. The fourth-order valence-electron chi connectivity index (χ4n) is 0.327. The molecule has 1 atom stereocenters. The van der Waals surface area contributed by atoms with Gasteiger partial charge in [0.25, 0.3) is 0 Å². The molecule has 1 radical (unpaired) electrons. The molecular weight excluding hydrogens is 183 g/mol. The molecule has 1 unspecified atom stereocenters. The summed E-state index contributed by atoms with van der Waals surface area (Å²) < 4.78 is 18.8. The zero-order valence-electron chi connectivity index (χ0n) is 5.79. The number of hydrogen-bond acceptors (Lipinski definition) is 2. The number of rotatable bonds is 3. The number of hydrogen-bond donors (Lipinski definition) is 1. The third kappa shape index (κ3) is 13.0. The Morgan fingerprint density at radius 1 is 1.67 bits per heavy atom. The SMILES string of the molecule is CCCCS(=O)(O)=S.[K]. The van der Waals surface area contributed by atoms with Crippen LogP contribution >= 0.6 is 0 Å². The first kappa shape index (κ1) is 13.5. The first-order chi connectivity index (χ1) is 3.56. The molecule has 0 aliphatic heterocycles. The van der Waals surface area contributed by atoms with E-state index >= 15 is 0 Å². The maximum atomic E-state index is 10.3. The van der Waals surface area contributed by atoms with Gasteiger partial charge in [-0.15, -0.1) is 0 Å². The van der Waals surface area contributed by atoms with E-state index < -0.39 is 8.77 Å². The van der Waals surface area contributed by atoms with Gasteiger partial charge in [0.15, 0.2) is 0 Å². The predicted molar refractivity (Wildman–Crippen MR) is 43.7 cm³/mol. The van der Waals surface area contributed by atoms with Gasteiger partial charge in [-0.05, 0) is 6.42 Å². The molecule has 0 aliphatic rings. The van der Waals surface area contributed by atoms with E-state index in [0.717, 1.165) is 12.8 Å². The van der Waals surface area contributed by atoms with Gasteiger partial charge in [0, 0.05) is 68.3 Å². The molecule has 0 saturated heterocycles. The predicted octanol–water partition coefficient (Wildman–Crippen LogP) is 0.625. The maximum absolute atomic E-state index is 10.3. The van der Waals surface area contributed by atoms with Gasteiger partial charge >= 0.3 is 0 Å². The van der Waals surface area contributed by atoms with Gasteiger partial charge in [0.2, 0.25) is 0 Å². The molecule has 2 nitrogen and oxygen atoms in total. The molecule has 0 rings (SSSR count). The van der Waals surface area contributed by atoms with E-state index in [1.54, 1.807) is 0 Å². The fourth-order valence-corrected chi connectivity index (χ4v) is 1.33. The van der Waals surface area contributed by atoms with Crippen LogP contribution in [0.25, 0.3) is 0 Å². The Bertz CT molecular complexity index is 141. The molecule has 0 amide bonds. The summed E-state index contributed by atoms with van der Waals surface area (Å²) in [7, 11) is -2.85. The standard InChI is InChI=1S/C4H10O2S2.K/c1-2-3-4-8(5,6)7;/h2-4H2,1H3,(H,5,6,7);. The van der Waals surface area contributed by atoms with Crippen LogP contribution in [0.15, 0.2) is 0 Å². The Balaban J connectivity index is 0. The van der Waals surface area contributed by atoms with Crippen LogP contribution < -0.4 is 0 Å². The zero-order valence-corrected chi connectivity index (χ0v) is 10.5. The molecule has 0 aromatic rings. The summed E-state index contributed by atoms with van der Waals surface area (Å²) in [5.74, 6) is 0.263. The monoisotopic (exact) mass is 193 g/mol. The van der Waals surface area contributed by atoms with Gasteiger partial charge < -0.3 is 4.55 Å². The molecule has 0 heterocycles. The second-order valence-corrected chi connectivity index (χ2v) is 4.77. The molecule has 9 heavy (non-hydrogen) atoms. The summed E-state index contributed by atoms with van der Waals surface area (Å²) >= 11 is 4.23. The maximum Gasteiger partial charge on any atom is 0.141 e. The van der Waals surface area contributed by atoms with Crippen molar-refractivity contribution in [1.82, 2.24) is 0 Å². The van der Waals surface area contributed by atoms with E-state index in [-0.39, 0.29) is 57.1 Å².